The minimum Gasteiger partial charge on any atom is -0.493 e. The first-order valence-corrected chi connectivity index (χ1v) is 12.1. The van der Waals surface area contributed by atoms with Gasteiger partial charge in [0.05, 0.1) is 22.9 Å². The SMILES string of the molecule is Cc1c(N2C(=O)C(C)(C)N(CCCOc3ccc(-c4ccncc4)c(F)c3)C2=S)ccc(C#N)c1Cl. The summed E-state index contributed by atoms with van der Waals surface area (Å²) in [5, 5.41) is 9.89. The van der Waals surface area contributed by atoms with Crippen LogP contribution in [0.4, 0.5) is 10.1 Å². The van der Waals surface area contributed by atoms with Crippen molar-refractivity contribution in [1.82, 2.24) is 9.88 Å². The summed E-state index contributed by atoms with van der Waals surface area (Å²) in [5.74, 6) is -0.126. The Bertz CT molecular complexity index is 1370. The van der Waals surface area contributed by atoms with E-state index in [2.05, 4.69) is 4.98 Å². The van der Waals surface area contributed by atoms with Gasteiger partial charge in [-0.05, 0) is 86.9 Å². The predicted octanol–water partition coefficient (Wildman–Crippen LogP) is 5.90. The van der Waals surface area contributed by atoms with Gasteiger partial charge >= 0.3 is 0 Å². The summed E-state index contributed by atoms with van der Waals surface area (Å²) in [6.07, 6.45) is 3.80. The highest BCUT2D eigenvalue weighted by molar-refractivity contribution is 7.80. The van der Waals surface area contributed by atoms with E-state index < -0.39 is 5.54 Å². The van der Waals surface area contributed by atoms with Gasteiger partial charge in [-0.1, -0.05) is 11.6 Å². The summed E-state index contributed by atoms with van der Waals surface area (Å²) in [7, 11) is 0. The highest BCUT2D eigenvalue weighted by Gasteiger charge is 2.49. The maximum absolute atomic E-state index is 14.6. The van der Waals surface area contributed by atoms with Crippen LogP contribution in [0, 0.1) is 24.1 Å². The Morgan fingerprint density at radius 3 is 2.58 bits per heavy atom. The second-order valence-corrected chi connectivity index (χ2v) is 9.64. The molecule has 6 nitrogen and oxygen atoms in total. The normalized spacial score (nSPS) is 14.8. The zero-order chi connectivity index (χ0) is 26.0. The van der Waals surface area contributed by atoms with Crippen LogP contribution >= 0.6 is 23.8 Å². The van der Waals surface area contributed by atoms with Crippen molar-refractivity contribution < 1.29 is 13.9 Å². The summed E-state index contributed by atoms with van der Waals surface area (Å²) in [6.45, 7) is 6.18. The zero-order valence-corrected chi connectivity index (χ0v) is 21.7. The number of hydrogen-bond acceptors (Lipinski definition) is 5. The Hall–Kier alpha value is -3.54. The van der Waals surface area contributed by atoms with Crippen molar-refractivity contribution >= 4 is 40.5 Å². The van der Waals surface area contributed by atoms with Crippen LogP contribution in [0.15, 0.2) is 54.9 Å². The lowest BCUT2D eigenvalue weighted by Crippen LogP contribution is -2.44. The number of benzene rings is 2. The third-order valence-electron chi connectivity index (χ3n) is 6.27. The number of halogens is 2. The maximum atomic E-state index is 14.6. The van der Waals surface area contributed by atoms with Crippen LogP contribution in [-0.2, 0) is 4.79 Å². The van der Waals surface area contributed by atoms with E-state index in [9.17, 15) is 14.4 Å². The fraction of sp³-hybridized carbons (Fsp3) is 0.259. The molecule has 184 valence electrons. The molecule has 9 heteroatoms. The van der Waals surface area contributed by atoms with Crippen LogP contribution in [0.25, 0.3) is 11.1 Å². The number of ether oxygens (including phenoxy) is 1. The van der Waals surface area contributed by atoms with Crippen LogP contribution in [0.5, 0.6) is 5.75 Å². The Labute approximate surface area is 219 Å². The monoisotopic (exact) mass is 522 g/mol. The number of aromatic nitrogens is 1. The second kappa shape index (κ2) is 10.2. The molecule has 2 heterocycles. The first kappa shape index (κ1) is 25.5. The molecule has 0 radical (unpaired) electrons. The molecule has 1 aliphatic rings. The summed E-state index contributed by atoms with van der Waals surface area (Å²) in [4.78, 5) is 20.6. The molecule has 36 heavy (non-hydrogen) atoms. The Morgan fingerprint density at radius 2 is 1.92 bits per heavy atom. The van der Waals surface area contributed by atoms with Gasteiger partial charge < -0.3 is 9.64 Å². The van der Waals surface area contributed by atoms with Crippen molar-refractivity contribution in [1.29, 1.82) is 5.26 Å². The molecule has 1 fully saturated rings. The van der Waals surface area contributed by atoms with Gasteiger partial charge in [-0.3, -0.25) is 14.7 Å². The summed E-state index contributed by atoms with van der Waals surface area (Å²) < 4.78 is 20.4. The van der Waals surface area contributed by atoms with Gasteiger partial charge in [0.2, 0.25) is 0 Å². The lowest BCUT2D eigenvalue weighted by molar-refractivity contribution is -0.123. The predicted molar refractivity (Wildman–Crippen MR) is 142 cm³/mol. The quantitative estimate of drug-likeness (QED) is 0.284. The fourth-order valence-electron chi connectivity index (χ4n) is 4.19. The lowest BCUT2D eigenvalue weighted by Gasteiger charge is -2.29. The molecule has 2 aromatic carbocycles. The second-order valence-electron chi connectivity index (χ2n) is 8.90. The van der Waals surface area contributed by atoms with Crippen molar-refractivity contribution in [2.75, 3.05) is 18.1 Å². The molecule has 0 N–H and O–H groups in total. The lowest BCUT2D eigenvalue weighted by atomic mass is 10.0. The molecular weight excluding hydrogens is 499 g/mol. The topological polar surface area (TPSA) is 69.5 Å². The molecule has 0 aliphatic carbocycles. The van der Waals surface area contributed by atoms with E-state index in [0.29, 0.717) is 57.8 Å². The molecule has 0 atom stereocenters. The smallest absolute Gasteiger partial charge is 0.258 e. The molecule has 1 amide bonds. The molecule has 4 rings (SSSR count). The van der Waals surface area contributed by atoms with E-state index in [1.54, 1.807) is 55.7 Å². The molecule has 0 spiro atoms. The van der Waals surface area contributed by atoms with E-state index in [-0.39, 0.29) is 11.7 Å². The first-order chi connectivity index (χ1) is 17.2. The van der Waals surface area contributed by atoms with Crippen LogP contribution < -0.4 is 9.64 Å². The van der Waals surface area contributed by atoms with Crippen molar-refractivity contribution in [3.8, 4) is 22.9 Å². The molecular formula is C27H24ClFN4O2S. The third kappa shape index (κ3) is 4.64. The molecule has 0 bridgehead atoms. The number of nitrogens with zero attached hydrogens (tertiary/aromatic N) is 4. The van der Waals surface area contributed by atoms with Crippen LogP contribution in [0.3, 0.4) is 0 Å². The van der Waals surface area contributed by atoms with Gasteiger partial charge in [0.15, 0.2) is 5.11 Å². The van der Waals surface area contributed by atoms with Gasteiger partial charge in [-0.25, -0.2) is 4.39 Å². The van der Waals surface area contributed by atoms with Gasteiger partial charge in [0.25, 0.3) is 5.91 Å². The number of pyridine rings is 1. The van der Waals surface area contributed by atoms with Gasteiger partial charge in [-0.15, -0.1) is 0 Å². The highest BCUT2D eigenvalue weighted by atomic mass is 35.5. The number of rotatable bonds is 7. The van der Waals surface area contributed by atoms with E-state index >= 15 is 0 Å². The van der Waals surface area contributed by atoms with E-state index in [1.165, 1.54) is 11.0 Å². The third-order valence-corrected chi connectivity index (χ3v) is 7.16. The van der Waals surface area contributed by atoms with Crippen LogP contribution in [-0.4, -0.2) is 39.6 Å². The van der Waals surface area contributed by atoms with E-state index in [4.69, 9.17) is 28.6 Å². The number of hydrogen-bond donors (Lipinski definition) is 0. The van der Waals surface area contributed by atoms with Gasteiger partial charge in [-0.2, -0.15) is 5.26 Å². The van der Waals surface area contributed by atoms with E-state index in [0.717, 1.165) is 5.56 Å². The maximum Gasteiger partial charge on any atom is 0.258 e. The number of carbonyl (C=O) groups is 1. The van der Waals surface area contributed by atoms with Crippen molar-refractivity contribution in [3.63, 3.8) is 0 Å². The van der Waals surface area contributed by atoms with Gasteiger partial charge in [0.1, 0.15) is 23.2 Å². The fourth-order valence-corrected chi connectivity index (χ4v) is 4.89. The molecule has 3 aromatic rings. The van der Waals surface area contributed by atoms with E-state index in [1.807, 2.05) is 24.8 Å². The number of anilines is 1. The summed E-state index contributed by atoms with van der Waals surface area (Å²) in [5.41, 5.74) is 1.86. The van der Waals surface area contributed by atoms with Crippen molar-refractivity contribution in [2.24, 2.45) is 0 Å². The zero-order valence-electron chi connectivity index (χ0n) is 20.1. The summed E-state index contributed by atoms with van der Waals surface area (Å²) in [6, 6.07) is 13.6. The minimum atomic E-state index is -0.873. The molecule has 1 aromatic heterocycles. The highest BCUT2D eigenvalue weighted by Crippen LogP contribution is 2.37. The summed E-state index contributed by atoms with van der Waals surface area (Å²) >= 11 is 12.0. The number of carbonyl (C=O) groups excluding carboxylic acids is 1. The standard InChI is InChI=1S/C27H24ClFN4O2S/c1-17-23(8-5-19(16-30)24(17)28)33-25(34)27(2,3)32(26(33)36)13-4-14-35-20-6-7-21(22(29)15-20)18-9-11-31-12-10-18/h5-12,15H,4,13-14H2,1-3H3. The number of nitriles is 1. The molecule has 1 aliphatic heterocycles. The largest absolute Gasteiger partial charge is 0.493 e. The Morgan fingerprint density at radius 1 is 1.19 bits per heavy atom. The Balaban J connectivity index is 1.42. The van der Waals surface area contributed by atoms with Crippen LogP contribution in [0.2, 0.25) is 5.02 Å². The Kier molecular flexibility index (Phi) is 7.25. The molecule has 0 saturated carbocycles. The van der Waals surface area contributed by atoms with Crippen molar-refractivity contribution in [2.45, 2.75) is 32.7 Å². The average Bonchev–Trinajstić information content (AvgIpc) is 3.03. The van der Waals surface area contributed by atoms with Gasteiger partial charge in [0, 0.05) is 30.6 Å². The molecule has 1 saturated heterocycles. The minimum absolute atomic E-state index is 0.175. The van der Waals surface area contributed by atoms with Crippen LogP contribution in [0.1, 0.15) is 31.4 Å². The number of thiocarbonyl (C=S) groups is 1. The van der Waals surface area contributed by atoms with Crippen molar-refractivity contribution in [3.05, 3.63) is 76.8 Å². The average molecular weight is 523 g/mol. The number of amides is 1. The first-order valence-electron chi connectivity index (χ1n) is 11.3. The molecule has 0 unspecified atom stereocenters.